The third-order valence-corrected chi connectivity index (χ3v) is 20.0. The molecule has 12 rings (SSSR count). The highest BCUT2D eigenvalue weighted by molar-refractivity contribution is 7.00. The Morgan fingerprint density at radius 1 is 0.242 bits per heavy atom. The van der Waals surface area contributed by atoms with Crippen LogP contribution in [0.3, 0.4) is 0 Å². The lowest BCUT2D eigenvalue weighted by atomic mass is 9.33. The van der Waals surface area contributed by atoms with Crippen LogP contribution in [0.1, 0.15) is 211 Å². The Morgan fingerprint density at radius 3 is 0.821 bits per heavy atom. The van der Waals surface area contributed by atoms with Crippen molar-refractivity contribution in [2.45, 2.75) is 209 Å². The van der Waals surface area contributed by atoms with Gasteiger partial charge in [-0.05, 0) is 205 Å². The summed E-state index contributed by atoms with van der Waals surface area (Å²) in [4.78, 5) is 17.1. The minimum absolute atomic E-state index is 0.121. The fourth-order valence-corrected chi connectivity index (χ4v) is 13.7. The molecule has 0 radical (unpaired) electrons. The first-order valence-electron chi connectivity index (χ1n) is 34.8. The van der Waals surface area contributed by atoms with E-state index in [-0.39, 0.29) is 50.0 Å². The molecule has 0 fully saturated rings. The van der Waals surface area contributed by atoms with Crippen LogP contribution in [0.15, 0.2) is 188 Å². The summed E-state index contributed by atoms with van der Waals surface area (Å²) in [5.74, 6) is 0.710. The van der Waals surface area contributed by atoms with Crippen molar-refractivity contribution in [1.29, 1.82) is 0 Å². The summed E-state index contributed by atoms with van der Waals surface area (Å²) in [6.07, 6.45) is 0. The Kier molecular flexibility index (Phi) is 16.3. The first kappa shape index (κ1) is 66.7. The predicted molar refractivity (Wildman–Crippen MR) is 413 cm³/mol. The maximum atomic E-state index is 5.98. The Bertz CT molecular complexity index is 4190. The lowest BCUT2D eigenvalue weighted by Crippen LogP contribution is -2.61. The van der Waals surface area contributed by atoms with Crippen LogP contribution in [0.25, 0.3) is 56.2 Å². The van der Waals surface area contributed by atoms with Crippen LogP contribution < -0.4 is 26.2 Å². The molecule has 5 heteroatoms. The summed E-state index contributed by atoms with van der Waals surface area (Å²) in [6, 6.07) is 73.1. The molecule has 9 aromatic carbocycles. The van der Waals surface area contributed by atoms with Crippen LogP contribution >= 0.6 is 0 Å². The Labute approximate surface area is 571 Å². The van der Waals surface area contributed by atoms with Gasteiger partial charge in [0.05, 0.1) is 11.4 Å². The van der Waals surface area contributed by atoms with Crippen LogP contribution in [0.5, 0.6) is 0 Å². The zero-order chi connectivity index (χ0) is 68.7. The number of aromatic nitrogens is 2. The van der Waals surface area contributed by atoms with Crippen molar-refractivity contribution in [3.63, 3.8) is 0 Å². The van der Waals surface area contributed by atoms with Gasteiger partial charge < -0.3 is 9.80 Å². The Morgan fingerprint density at radius 2 is 0.516 bits per heavy atom. The van der Waals surface area contributed by atoms with Gasteiger partial charge in [-0.3, -0.25) is 0 Å². The molecule has 0 amide bonds. The first-order valence-corrected chi connectivity index (χ1v) is 34.8. The molecule has 95 heavy (non-hydrogen) atoms. The van der Waals surface area contributed by atoms with Gasteiger partial charge in [-0.2, -0.15) is 0 Å². The largest absolute Gasteiger partial charge is 0.311 e. The van der Waals surface area contributed by atoms with Crippen molar-refractivity contribution in [3.05, 3.63) is 233 Å². The van der Waals surface area contributed by atoms with Crippen LogP contribution in [0, 0.1) is 0 Å². The van der Waals surface area contributed by atoms with Gasteiger partial charge in [-0.15, -0.1) is 0 Å². The molecule has 10 aromatic rings. The first-order chi connectivity index (χ1) is 44.1. The standard InChI is InChI=1S/C90H103BN4/c1-83(2,3)63-39-60(40-64(47-63)84(4,5)6)75-55-76(93-82(92-75)62-41-65(85(7,8)9)48-66(42-62)86(10,11)12)61-45-79-81-80(46-61)95(72-53-69(89(19,20)21)50-70(54-72)90(22,23)24)78-44-59(57-33-29-26-30-34-57)36-38-74(78)91(81)73-37-35-58(56-31-27-25-28-32-56)43-77(73)94(79)71-51-67(87(13,14)15)49-68(52-71)88(16,17)18/h25-55H,1-24H3. The number of nitrogens with zero attached hydrogens (tertiary/aromatic N) is 4. The highest BCUT2D eigenvalue weighted by Gasteiger charge is 2.45. The molecule has 0 spiro atoms. The topological polar surface area (TPSA) is 32.3 Å². The third-order valence-electron chi connectivity index (χ3n) is 20.0. The predicted octanol–water partition coefficient (Wildman–Crippen LogP) is 23.3. The van der Waals surface area contributed by atoms with Crippen LogP contribution in [0.2, 0.25) is 0 Å². The zero-order valence-electron chi connectivity index (χ0n) is 61.8. The van der Waals surface area contributed by atoms with Gasteiger partial charge in [0.25, 0.3) is 6.71 Å². The van der Waals surface area contributed by atoms with E-state index in [1.54, 1.807) is 0 Å². The van der Waals surface area contributed by atoms with Gasteiger partial charge in [-0.1, -0.05) is 275 Å². The maximum absolute atomic E-state index is 5.98. The molecule has 486 valence electrons. The number of anilines is 6. The average molecular weight is 1250 g/mol. The van der Waals surface area contributed by atoms with E-state index >= 15 is 0 Å². The molecule has 2 aliphatic heterocycles. The average Bonchev–Trinajstić information content (AvgIpc) is 0.694. The maximum Gasteiger partial charge on any atom is 0.252 e. The lowest BCUT2D eigenvalue weighted by molar-refractivity contribution is 0.568. The van der Waals surface area contributed by atoms with Gasteiger partial charge in [-0.25, -0.2) is 9.97 Å². The fraction of sp³-hybridized carbons (Fsp3) is 0.356. The highest BCUT2D eigenvalue weighted by Crippen LogP contribution is 2.51. The van der Waals surface area contributed by atoms with E-state index < -0.39 is 0 Å². The second kappa shape index (κ2) is 23.2. The second-order valence-corrected chi connectivity index (χ2v) is 35.9. The van der Waals surface area contributed by atoms with Gasteiger partial charge in [0.1, 0.15) is 0 Å². The van der Waals surface area contributed by atoms with Crippen molar-refractivity contribution in [3.8, 4) is 56.2 Å². The molecule has 4 nitrogen and oxygen atoms in total. The summed E-state index contributed by atoms with van der Waals surface area (Å²) in [7, 11) is 0. The van der Waals surface area contributed by atoms with Crippen molar-refractivity contribution in [2.75, 3.05) is 9.80 Å². The quantitative estimate of drug-likeness (QED) is 0.149. The van der Waals surface area contributed by atoms with E-state index in [1.165, 1.54) is 94.5 Å². The van der Waals surface area contributed by atoms with E-state index in [2.05, 4.69) is 364 Å². The minimum atomic E-state index is -0.151. The van der Waals surface area contributed by atoms with Crippen LogP contribution in [-0.2, 0) is 43.3 Å². The summed E-state index contributed by atoms with van der Waals surface area (Å²) < 4.78 is 0. The fourth-order valence-electron chi connectivity index (χ4n) is 13.7. The van der Waals surface area contributed by atoms with E-state index in [0.717, 1.165) is 50.8 Å². The number of rotatable bonds is 7. The molecule has 0 bridgehead atoms. The van der Waals surface area contributed by atoms with Gasteiger partial charge in [0, 0.05) is 50.8 Å². The Balaban J connectivity index is 1.29. The van der Waals surface area contributed by atoms with Crippen LogP contribution in [-0.4, -0.2) is 16.7 Å². The van der Waals surface area contributed by atoms with E-state index in [4.69, 9.17) is 9.97 Å². The molecule has 2 aliphatic rings. The van der Waals surface area contributed by atoms with Crippen molar-refractivity contribution in [1.82, 2.24) is 9.97 Å². The summed E-state index contributed by atoms with van der Waals surface area (Å²) in [5, 5.41) is 0. The van der Waals surface area contributed by atoms with E-state index in [9.17, 15) is 0 Å². The highest BCUT2D eigenvalue weighted by atomic mass is 15.2. The van der Waals surface area contributed by atoms with Crippen LogP contribution in [0.4, 0.5) is 34.1 Å². The Hall–Kier alpha value is -8.28. The normalized spacial score (nSPS) is 13.8. The molecule has 0 aliphatic carbocycles. The summed E-state index contributed by atoms with van der Waals surface area (Å²) in [5.41, 5.74) is 29.4. The lowest BCUT2D eigenvalue weighted by Gasteiger charge is -2.45. The monoisotopic (exact) mass is 1250 g/mol. The molecule has 0 saturated carbocycles. The smallest absolute Gasteiger partial charge is 0.252 e. The summed E-state index contributed by atoms with van der Waals surface area (Å²) >= 11 is 0. The van der Waals surface area contributed by atoms with Gasteiger partial charge in [0.15, 0.2) is 5.82 Å². The molecule has 0 unspecified atom stereocenters. The van der Waals surface area contributed by atoms with Crippen molar-refractivity contribution < 1.29 is 0 Å². The van der Waals surface area contributed by atoms with Gasteiger partial charge >= 0.3 is 0 Å². The molecular weight excluding hydrogens is 1150 g/mol. The minimum Gasteiger partial charge on any atom is -0.311 e. The third kappa shape index (κ3) is 13.2. The number of hydrogen-bond donors (Lipinski definition) is 0. The summed E-state index contributed by atoms with van der Waals surface area (Å²) in [6.45, 7) is 56.1. The van der Waals surface area contributed by atoms with Crippen molar-refractivity contribution in [2.24, 2.45) is 0 Å². The molecule has 0 N–H and O–H groups in total. The number of hydrogen-bond acceptors (Lipinski definition) is 4. The molecule has 1 aromatic heterocycles. The van der Waals surface area contributed by atoms with Gasteiger partial charge in [0.2, 0.25) is 0 Å². The zero-order valence-corrected chi connectivity index (χ0v) is 61.8. The number of fused-ring (bicyclic) bond motifs is 4. The molecular formula is C90H103BN4. The molecule has 0 atom stereocenters. The van der Waals surface area contributed by atoms with Crippen molar-refractivity contribution >= 4 is 57.2 Å². The SMILES string of the molecule is CC(C)(C)c1cc(-c2cc(-c3cc4c5c(c3)N(c3cc(C(C)(C)C)cc(C(C)(C)C)c3)c3cc(-c6ccccc6)ccc3B5c3ccc(-c5ccccc5)cc3N4c3cc(C(C)(C)C)cc(C(C)(C)C)c3)nc(-c3cc(C(C)(C)C)cc(C(C)(C)C)c3)n2)cc(C(C)(C)C)c1. The van der Waals surface area contributed by atoms with E-state index in [1.807, 2.05) is 0 Å². The molecule has 3 heterocycles. The number of benzene rings is 9. The van der Waals surface area contributed by atoms with E-state index in [0.29, 0.717) is 5.82 Å². The second-order valence-electron chi connectivity index (χ2n) is 35.9. The molecule has 0 saturated heterocycles.